The van der Waals surface area contributed by atoms with Crippen molar-refractivity contribution in [3.05, 3.63) is 42.4 Å². The number of fused-ring (bicyclic) bond motifs is 1. The van der Waals surface area contributed by atoms with Gasteiger partial charge in [0.25, 0.3) is 0 Å². The van der Waals surface area contributed by atoms with Crippen LogP contribution >= 0.6 is 0 Å². The summed E-state index contributed by atoms with van der Waals surface area (Å²) in [5.74, 6) is 0.780. The molecule has 3 aromatic rings. The lowest BCUT2D eigenvalue weighted by Crippen LogP contribution is -2.55. The highest BCUT2D eigenvalue weighted by atomic mass is 32.2. The molecule has 2 heterocycles. The van der Waals surface area contributed by atoms with Crippen LogP contribution in [0, 0.1) is 23.7 Å². The van der Waals surface area contributed by atoms with Gasteiger partial charge in [-0.25, -0.2) is 33.1 Å². The molecule has 6 rings (SSSR count). The van der Waals surface area contributed by atoms with Crippen LogP contribution in [-0.4, -0.2) is 48.0 Å². The van der Waals surface area contributed by atoms with Crippen molar-refractivity contribution in [2.45, 2.75) is 43.0 Å². The fourth-order valence-corrected chi connectivity index (χ4v) is 6.59. The number of anilines is 2. The Bertz CT molecular complexity index is 1460. The molecule has 3 N–H and O–H groups in total. The zero-order valence-corrected chi connectivity index (χ0v) is 20.6. The molecule has 35 heavy (non-hydrogen) atoms. The quantitative estimate of drug-likeness (QED) is 0.531. The summed E-state index contributed by atoms with van der Waals surface area (Å²) in [6, 6.07) is 7.30. The van der Waals surface area contributed by atoms with Crippen LogP contribution in [0.2, 0.25) is 0 Å². The smallest absolute Gasteiger partial charge is 0.241 e. The van der Waals surface area contributed by atoms with E-state index in [0.717, 1.165) is 12.0 Å². The lowest BCUT2D eigenvalue weighted by atomic mass is 9.66. The van der Waals surface area contributed by atoms with E-state index >= 15 is 0 Å². The topological polar surface area (TPSA) is 151 Å². The first-order chi connectivity index (χ1) is 16.6. The Balaban J connectivity index is 1.47. The van der Waals surface area contributed by atoms with Crippen LogP contribution in [0.5, 0.6) is 0 Å². The van der Waals surface area contributed by atoms with Crippen LogP contribution in [-0.2, 0) is 10.0 Å². The lowest BCUT2D eigenvalue weighted by molar-refractivity contribution is 0.161. The van der Waals surface area contributed by atoms with Crippen LogP contribution in [0.15, 0.2) is 41.7 Å². The Morgan fingerprint density at radius 3 is 2.46 bits per heavy atom. The maximum absolute atomic E-state index is 13.3. The zero-order chi connectivity index (χ0) is 25.0. The second-order valence-corrected chi connectivity index (χ2v) is 11.4. The third-order valence-corrected chi connectivity index (χ3v) is 8.51. The normalized spacial score (nSPS) is 22.9. The Morgan fingerprint density at radius 2 is 1.83 bits per heavy atom. The minimum absolute atomic E-state index is 0.146. The molecule has 0 unspecified atom stereocenters. The molecule has 0 amide bonds. The molecule has 11 heteroatoms. The SMILES string of the molecule is Cc1ccc(S(=O)(=O)NC23CCC(C#N)(C2)C3)cc1-c1cnc(N)c(-c2cnc(N(C)C)nc2)n1. The highest BCUT2D eigenvalue weighted by Crippen LogP contribution is 2.61. The van der Waals surface area contributed by atoms with E-state index in [1.807, 2.05) is 21.0 Å². The molecule has 1 aromatic carbocycles. The third-order valence-electron chi connectivity index (χ3n) is 6.93. The van der Waals surface area contributed by atoms with E-state index < -0.39 is 15.6 Å². The van der Waals surface area contributed by atoms with E-state index in [2.05, 4.69) is 30.7 Å². The maximum Gasteiger partial charge on any atom is 0.241 e. The molecule has 10 nitrogen and oxygen atoms in total. The number of benzene rings is 1. The number of sulfonamides is 1. The first kappa shape index (κ1) is 23.1. The number of nitrogens with zero attached hydrogens (tertiary/aromatic N) is 6. The average Bonchev–Trinajstić information content (AvgIpc) is 3.35. The van der Waals surface area contributed by atoms with Gasteiger partial charge in [0.1, 0.15) is 11.5 Å². The number of nitrogens with two attached hydrogens (primary N) is 1. The molecule has 0 radical (unpaired) electrons. The molecular formula is C24H26N8O2S. The van der Waals surface area contributed by atoms with Gasteiger partial charge in [-0.1, -0.05) is 6.07 Å². The fourth-order valence-electron chi connectivity index (χ4n) is 5.14. The molecule has 0 aliphatic heterocycles. The number of hydrogen-bond acceptors (Lipinski definition) is 9. The number of aryl methyl sites for hydroxylation is 1. The van der Waals surface area contributed by atoms with E-state index in [1.165, 1.54) is 6.20 Å². The van der Waals surface area contributed by atoms with Crippen LogP contribution < -0.4 is 15.4 Å². The molecule has 0 saturated heterocycles. The molecule has 180 valence electrons. The summed E-state index contributed by atoms with van der Waals surface area (Å²) in [6.45, 7) is 1.88. The van der Waals surface area contributed by atoms with E-state index in [0.29, 0.717) is 47.7 Å². The van der Waals surface area contributed by atoms with Crippen LogP contribution in [0.4, 0.5) is 11.8 Å². The first-order valence-electron chi connectivity index (χ1n) is 11.2. The number of rotatable bonds is 6. The van der Waals surface area contributed by atoms with Gasteiger partial charge in [-0.15, -0.1) is 0 Å². The van der Waals surface area contributed by atoms with Gasteiger partial charge in [0, 0.05) is 43.2 Å². The van der Waals surface area contributed by atoms with E-state index in [-0.39, 0.29) is 16.1 Å². The van der Waals surface area contributed by atoms with Gasteiger partial charge in [0.2, 0.25) is 16.0 Å². The number of nitrogens with one attached hydrogen (secondary N) is 1. The second-order valence-electron chi connectivity index (χ2n) is 9.76. The highest BCUT2D eigenvalue weighted by molar-refractivity contribution is 7.89. The van der Waals surface area contributed by atoms with E-state index in [9.17, 15) is 13.7 Å². The summed E-state index contributed by atoms with van der Waals surface area (Å²) in [6.07, 6.45) is 7.33. The van der Waals surface area contributed by atoms with Crippen molar-refractivity contribution in [2.75, 3.05) is 24.7 Å². The average molecular weight is 491 g/mol. The van der Waals surface area contributed by atoms with Crippen molar-refractivity contribution in [3.8, 4) is 28.6 Å². The predicted molar refractivity (Wildman–Crippen MR) is 132 cm³/mol. The molecule has 0 atom stereocenters. The van der Waals surface area contributed by atoms with Crippen molar-refractivity contribution in [2.24, 2.45) is 5.41 Å². The Hall–Kier alpha value is -3.62. The van der Waals surface area contributed by atoms with Crippen LogP contribution in [0.1, 0.15) is 31.2 Å². The molecule has 3 aliphatic rings. The van der Waals surface area contributed by atoms with Crippen LogP contribution in [0.25, 0.3) is 22.5 Å². The van der Waals surface area contributed by atoms with Crippen molar-refractivity contribution >= 4 is 21.8 Å². The second kappa shape index (κ2) is 7.96. The van der Waals surface area contributed by atoms with Gasteiger partial charge in [-0.2, -0.15) is 5.26 Å². The van der Waals surface area contributed by atoms with Gasteiger partial charge in [-0.05, 0) is 50.3 Å². The van der Waals surface area contributed by atoms with Gasteiger partial charge in [-0.3, -0.25) is 0 Å². The Labute approximate surface area is 204 Å². The van der Waals surface area contributed by atoms with E-state index in [4.69, 9.17) is 5.73 Å². The summed E-state index contributed by atoms with van der Waals surface area (Å²) < 4.78 is 29.4. The molecule has 3 fully saturated rings. The van der Waals surface area contributed by atoms with Crippen molar-refractivity contribution < 1.29 is 8.42 Å². The standard InChI is InChI=1S/C24H26N8O2S/c1-15-4-5-17(35(33,34)31-24-7-6-23(12-24,13-24)14-25)8-18(15)19-11-27-21(26)20(30-19)16-9-28-22(29-10-16)32(2)3/h4-5,8-11,31H,6-7,12-13H2,1-3H3,(H2,26,27). The van der Waals surface area contributed by atoms with Crippen molar-refractivity contribution in [1.82, 2.24) is 24.7 Å². The molecular weight excluding hydrogens is 464 g/mol. The molecule has 2 bridgehead atoms. The fraction of sp³-hybridized carbons (Fsp3) is 0.375. The van der Waals surface area contributed by atoms with Gasteiger partial charge in [0.05, 0.1) is 28.3 Å². The van der Waals surface area contributed by atoms with Crippen LogP contribution in [0.3, 0.4) is 0 Å². The molecule has 3 saturated carbocycles. The number of aromatic nitrogens is 4. The Morgan fingerprint density at radius 1 is 1.11 bits per heavy atom. The molecule has 2 aromatic heterocycles. The van der Waals surface area contributed by atoms with Crippen molar-refractivity contribution in [3.63, 3.8) is 0 Å². The number of nitriles is 1. The van der Waals surface area contributed by atoms with Crippen molar-refractivity contribution in [1.29, 1.82) is 5.26 Å². The monoisotopic (exact) mass is 490 g/mol. The minimum atomic E-state index is -3.79. The summed E-state index contributed by atoms with van der Waals surface area (Å²) >= 11 is 0. The summed E-state index contributed by atoms with van der Waals surface area (Å²) in [7, 11) is -0.0930. The van der Waals surface area contributed by atoms with E-state index in [1.54, 1.807) is 35.5 Å². The van der Waals surface area contributed by atoms with Gasteiger partial charge < -0.3 is 10.6 Å². The first-order valence-corrected chi connectivity index (χ1v) is 12.7. The number of nitrogen functional groups attached to an aromatic ring is 1. The van der Waals surface area contributed by atoms with Gasteiger partial charge >= 0.3 is 0 Å². The largest absolute Gasteiger partial charge is 0.382 e. The lowest BCUT2D eigenvalue weighted by Gasteiger charge is -2.43. The summed E-state index contributed by atoms with van der Waals surface area (Å²) in [5.41, 5.74) is 8.21. The highest BCUT2D eigenvalue weighted by Gasteiger charge is 2.62. The van der Waals surface area contributed by atoms with Gasteiger partial charge in [0.15, 0.2) is 0 Å². The maximum atomic E-state index is 13.3. The zero-order valence-electron chi connectivity index (χ0n) is 19.8. The summed E-state index contributed by atoms with van der Waals surface area (Å²) in [4.78, 5) is 19.5. The molecule has 3 aliphatic carbocycles. The minimum Gasteiger partial charge on any atom is -0.382 e. The Kier molecular flexibility index (Phi) is 5.27. The molecule has 0 spiro atoms. The third kappa shape index (κ3) is 3.98. The predicted octanol–water partition coefficient (Wildman–Crippen LogP) is 2.67. The summed E-state index contributed by atoms with van der Waals surface area (Å²) in [5, 5.41) is 9.39. The number of hydrogen-bond donors (Lipinski definition) is 2.